The van der Waals surface area contributed by atoms with Crippen molar-refractivity contribution in [2.45, 2.75) is 19.5 Å². The van der Waals surface area contributed by atoms with Crippen LogP contribution in [0.3, 0.4) is 0 Å². The summed E-state index contributed by atoms with van der Waals surface area (Å²) in [5.41, 5.74) is 0.974. The summed E-state index contributed by atoms with van der Waals surface area (Å²) < 4.78 is 16.5. The number of urea groups is 1. The summed E-state index contributed by atoms with van der Waals surface area (Å²) in [6, 6.07) is 7.92. The molecule has 1 aliphatic heterocycles. The number of thiazole rings is 1. The average Bonchev–Trinajstić information content (AvgIpc) is 3.26. The summed E-state index contributed by atoms with van der Waals surface area (Å²) in [4.78, 5) is 19.7. The van der Waals surface area contributed by atoms with E-state index < -0.39 is 6.17 Å². The number of halogens is 1. The van der Waals surface area contributed by atoms with Crippen molar-refractivity contribution in [1.29, 1.82) is 0 Å². The van der Waals surface area contributed by atoms with Crippen LogP contribution >= 0.6 is 22.7 Å². The topological polar surface area (TPSA) is 37.6 Å². The Morgan fingerprint density at radius 2 is 2.25 bits per heavy atom. The molecule has 4 rings (SSSR count). The Bertz CT molecular complexity index is 972. The zero-order valence-electron chi connectivity index (χ0n) is 13.1. The third-order valence-electron chi connectivity index (χ3n) is 4.08. The molecule has 0 spiro atoms. The van der Waals surface area contributed by atoms with Gasteiger partial charge in [0.25, 0.3) is 0 Å². The molecule has 1 aromatic carbocycles. The van der Waals surface area contributed by atoms with Crippen molar-refractivity contribution >= 4 is 38.8 Å². The minimum atomic E-state index is -0.928. The van der Waals surface area contributed by atoms with E-state index in [2.05, 4.69) is 28.6 Å². The molecular weight excluding hydrogens is 345 g/mol. The number of carbonyl (C=O) groups is 1. The lowest BCUT2D eigenvalue weighted by molar-refractivity contribution is 0.213. The second kappa shape index (κ2) is 6.14. The SMILES string of the molecule is Cc1cn(-c2ccc3sccc3c2)/c(=N/C(=O)N2CC[C@@H](F)C2)s1. The fourth-order valence-electron chi connectivity index (χ4n) is 2.87. The third-order valence-corrected chi connectivity index (χ3v) is 5.87. The van der Waals surface area contributed by atoms with Crippen LogP contribution in [0.2, 0.25) is 0 Å². The van der Waals surface area contributed by atoms with Crippen molar-refractivity contribution in [1.82, 2.24) is 9.47 Å². The molecule has 3 heterocycles. The fourth-order valence-corrected chi connectivity index (χ4v) is 4.46. The first-order valence-corrected chi connectivity index (χ1v) is 9.44. The van der Waals surface area contributed by atoms with E-state index >= 15 is 0 Å². The highest BCUT2D eigenvalue weighted by atomic mass is 32.1. The van der Waals surface area contributed by atoms with Gasteiger partial charge in [-0.15, -0.1) is 22.7 Å². The maximum atomic E-state index is 13.3. The number of aryl methyl sites for hydroxylation is 1. The van der Waals surface area contributed by atoms with Crippen LogP contribution in [0.25, 0.3) is 15.8 Å². The smallest absolute Gasteiger partial charge is 0.320 e. The van der Waals surface area contributed by atoms with Crippen molar-refractivity contribution in [3.63, 3.8) is 0 Å². The van der Waals surface area contributed by atoms with Gasteiger partial charge in [0.05, 0.1) is 6.54 Å². The molecule has 3 aromatic rings. The Labute approximate surface area is 146 Å². The maximum Gasteiger partial charge on any atom is 0.346 e. The summed E-state index contributed by atoms with van der Waals surface area (Å²) in [7, 11) is 0. The van der Waals surface area contributed by atoms with E-state index in [1.54, 1.807) is 11.3 Å². The Balaban J connectivity index is 1.74. The van der Waals surface area contributed by atoms with Crippen molar-refractivity contribution < 1.29 is 9.18 Å². The standard InChI is InChI=1S/C17H16FN3OS2/c1-11-9-21(14-2-3-15-12(8-14)5-7-23-15)17(24-11)19-16(22)20-6-4-13(18)10-20/h2-3,5,7-9,13H,4,6,10H2,1H3/b19-17-/t13-/m1/s1. The molecule has 0 N–H and O–H groups in total. The van der Waals surface area contributed by atoms with Gasteiger partial charge in [0.15, 0.2) is 4.80 Å². The number of rotatable bonds is 1. The molecule has 0 aliphatic carbocycles. The van der Waals surface area contributed by atoms with Gasteiger partial charge in [-0.05, 0) is 48.4 Å². The minimum Gasteiger partial charge on any atom is -0.320 e. The summed E-state index contributed by atoms with van der Waals surface area (Å²) in [5, 5.41) is 3.24. The molecule has 1 atom stereocenters. The second-order valence-corrected chi connectivity index (χ2v) is 8.02. The maximum absolute atomic E-state index is 13.3. The molecule has 0 saturated carbocycles. The molecular formula is C17H16FN3OS2. The van der Waals surface area contributed by atoms with Crippen LogP contribution in [0.15, 0.2) is 40.8 Å². The van der Waals surface area contributed by atoms with E-state index in [9.17, 15) is 9.18 Å². The van der Waals surface area contributed by atoms with Crippen molar-refractivity contribution in [3.8, 4) is 5.69 Å². The van der Waals surface area contributed by atoms with Gasteiger partial charge in [-0.3, -0.25) is 4.57 Å². The fraction of sp³-hybridized carbons (Fsp3) is 0.294. The number of hydrogen-bond acceptors (Lipinski definition) is 3. The molecule has 2 aromatic heterocycles. The van der Waals surface area contributed by atoms with Gasteiger partial charge in [-0.2, -0.15) is 4.99 Å². The predicted octanol–water partition coefficient (Wildman–Crippen LogP) is 4.13. The largest absolute Gasteiger partial charge is 0.346 e. The normalized spacial score (nSPS) is 18.7. The summed E-state index contributed by atoms with van der Waals surface area (Å²) in [5.74, 6) is 0. The quantitative estimate of drug-likeness (QED) is 0.642. The zero-order valence-corrected chi connectivity index (χ0v) is 14.7. The first-order chi connectivity index (χ1) is 11.6. The molecule has 1 saturated heterocycles. The lowest BCUT2D eigenvalue weighted by atomic mass is 10.2. The van der Waals surface area contributed by atoms with Gasteiger partial charge in [-0.1, -0.05) is 0 Å². The Morgan fingerprint density at radius 1 is 1.38 bits per heavy atom. The summed E-state index contributed by atoms with van der Waals surface area (Å²) in [6.07, 6.45) is 1.45. The van der Waals surface area contributed by atoms with Crippen molar-refractivity contribution in [3.05, 3.63) is 45.5 Å². The molecule has 24 heavy (non-hydrogen) atoms. The molecule has 124 valence electrons. The Hall–Kier alpha value is -1.99. The van der Waals surface area contributed by atoms with E-state index in [4.69, 9.17) is 0 Å². The first kappa shape index (κ1) is 15.5. The van der Waals surface area contributed by atoms with E-state index in [0.717, 1.165) is 10.6 Å². The predicted molar refractivity (Wildman–Crippen MR) is 95.8 cm³/mol. The van der Waals surface area contributed by atoms with Crippen molar-refractivity contribution in [2.75, 3.05) is 13.1 Å². The van der Waals surface area contributed by atoms with Crippen LogP contribution in [0.5, 0.6) is 0 Å². The van der Waals surface area contributed by atoms with Crippen LogP contribution in [-0.4, -0.2) is 34.8 Å². The van der Waals surface area contributed by atoms with E-state index in [1.165, 1.54) is 26.3 Å². The molecule has 0 radical (unpaired) electrons. The molecule has 0 unspecified atom stereocenters. The number of thiophene rings is 1. The third kappa shape index (κ3) is 2.89. The van der Waals surface area contributed by atoms with Gasteiger partial charge in [0.2, 0.25) is 0 Å². The lowest BCUT2D eigenvalue weighted by Gasteiger charge is -2.10. The monoisotopic (exact) mass is 361 g/mol. The van der Waals surface area contributed by atoms with Crippen LogP contribution in [-0.2, 0) is 0 Å². The van der Waals surface area contributed by atoms with Crippen LogP contribution in [0.1, 0.15) is 11.3 Å². The number of fused-ring (bicyclic) bond motifs is 1. The van der Waals surface area contributed by atoms with Gasteiger partial charge < -0.3 is 4.90 Å². The number of nitrogens with zero attached hydrogens (tertiary/aromatic N) is 3. The van der Waals surface area contributed by atoms with Crippen LogP contribution in [0, 0.1) is 6.92 Å². The molecule has 0 bridgehead atoms. The average molecular weight is 361 g/mol. The van der Waals surface area contributed by atoms with Crippen molar-refractivity contribution in [2.24, 2.45) is 4.99 Å². The Morgan fingerprint density at radius 3 is 3.04 bits per heavy atom. The molecule has 1 aliphatic rings. The Kier molecular flexibility index (Phi) is 3.97. The van der Waals surface area contributed by atoms with Crippen LogP contribution in [0.4, 0.5) is 9.18 Å². The highest BCUT2D eigenvalue weighted by molar-refractivity contribution is 7.17. The minimum absolute atomic E-state index is 0.146. The van der Waals surface area contributed by atoms with E-state index in [1.807, 2.05) is 23.8 Å². The zero-order chi connectivity index (χ0) is 16.7. The molecule has 4 nitrogen and oxygen atoms in total. The highest BCUT2D eigenvalue weighted by Crippen LogP contribution is 2.23. The molecule has 2 amide bonds. The highest BCUT2D eigenvalue weighted by Gasteiger charge is 2.25. The number of aromatic nitrogens is 1. The van der Waals surface area contributed by atoms with Gasteiger partial charge in [0, 0.05) is 28.0 Å². The number of amides is 2. The number of carbonyl (C=O) groups excluding carboxylic acids is 1. The summed E-state index contributed by atoms with van der Waals surface area (Å²) in [6.45, 7) is 2.57. The van der Waals surface area contributed by atoms with Crippen LogP contribution < -0.4 is 4.80 Å². The van der Waals surface area contributed by atoms with Gasteiger partial charge in [-0.25, -0.2) is 9.18 Å². The first-order valence-electron chi connectivity index (χ1n) is 7.74. The van der Waals surface area contributed by atoms with Gasteiger partial charge in [0.1, 0.15) is 6.17 Å². The number of hydrogen-bond donors (Lipinski definition) is 0. The molecule has 7 heteroatoms. The number of alkyl halides is 1. The number of benzene rings is 1. The second-order valence-electron chi connectivity index (χ2n) is 5.86. The lowest BCUT2D eigenvalue weighted by Crippen LogP contribution is -2.28. The van der Waals surface area contributed by atoms with E-state index in [0.29, 0.717) is 17.8 Å². The molecule has 1 fully saturated rings. The number of likely N-dealkylation sites (tertiary alicyclic amines) is 1. The van der Waals surface area contributed by atoms with Gasteiger partial charge >= 0.3 is 6.03 Å². The van der Waals surface area contributed by atoms with E-state index in [-0.39, 0.29) is 12.6 Å². The summed E-state index contributed by atoms with van der Waals surface area (Å²) >= 11 is 3.16.